The van der Waals surface area contributed by atoms with Gasteiger partial charge in [-0.2, -0.15) is 8.78 Å². The molecule has 0 heterocycles. The quantitative estimate of drug-likeness (QED) is 0.743. The smallest absolute Gasteiger partial charge is 0.387 e. The molecule has 2 rings (SSSR count). The lowest BCUT2D eigenvalue weighted by Crippen LogP contribution is -2.31. The molecule has 1 amide bonds. The average molecular weight is 377 g/mol. The topological polar surface area (TPSA) is 64.6 Å². The molecule has 0 radical (unpaired) electrons. The molecule has 5 nitrogen and oxygen atoms in total. The Morgan fingerprint density at radius 2 is 1.70 bits per heavy atom. The van der Waals surface area contributed by atoms with Gasteiger partial charge in [-0.3, -0.25) is 4.79 Å². The second-order valence-corrected chi connectivity index (χ2v) is 6.11. The number of benzene rings is 2. The average Bonchev–Trinajstić information content (AvgIpc) is 2.62. The van der Waals surface area contributed by atoms with E-state index in [1.54, 1.807) is 0 Å². The number of hydrogen-bond acceptors (Lipinski definition) is 4. The van der Waals surface area contributed by atoms with E-state index in [0.29, 0.717) is 0 Å². The van der Waals surface area contributed by atoms with E-state index >= 15 is 0 Å². The van der Waals surface area contributed by atoms with Crippen molar-refractivity contribution in [1.82, 2.24) is 5.32 Å². The molecule has 2 aromatic rings. The summed E-state index contributed by atoms with van der Waals surface area (Å²) in [6.45, 7) is 2.46. The Hall–Kier alpha value is -2.96. The highest BCUT2D eigenvalue weighted by Gasteiger charge is 2.14. The van der Waals surface area contributed by atoms with Gasteiger partial charge < -0.3 is 14.8 Å². The monoisotopic (exact) mass is 377 g/mol. The zero-order valence-electron chi connectivity index (χ0n) is 15.3. The molecular formula is C20H21F2NO4. The van der Waals surface area contributed by atoms with Gasteiger partial charge in [0.1, 0.15) is 5.75 Å². The number of nitrogens with one attached hydrogen (secondary N) is 1. The van der Waals surface area contributed by atoms with Crippen LogP contribution in [0.4, 0.5) is 8.78 Å². The number of aryl methyl sites for hydroxylation is 2. The Labute approximate surface area is 156 Å². The van der Waals surface area contributed by atoms with Gasteiger partial charge in [-0.05, 0) is 61.7 Å². The minimum atomic E-state index is -2.94. The van der Waals surface area contributed by atoms with E-state index in [-0.39, 0.29) is 17.4 Å². The molecule has 144 valence electrons. The van der Waals surface area contributed by atoms with Gasteiger partial charge in [0.15, 0.2) is 6.61 Å². The van der Waals surface area contributed by atoms with Crippen LogP contribution in [0.15, 0.2) is 42.5 Å². The van der Waals surface area contributed by atoms with Crippen LogP contribution < -0.4 is 10.1 Å². The van der Waals surface area contributed by atoms with Gasteiger partial charge in [0.2, 0.25) is 0 Å². The zero-order chi connectivity index (χ0) is 20.0. The lowest BCUT2D eigenvalue weighted by Gasteiger charge is -2.16. The van der Waals surface area contributed by atoms with Crippen LogP contribution in [0.2, 0.25) is 0 Å². The van der Waals surface area contributed by atoms with E-state index in [4.69, 9.17) is 4.74 Å². The molecule has 0 bridgehead atoms. The molecule has 1 N–H and O–H groups in total. The summed E-state index contributed by atoms with van der Waals surface area (Å²) in [7, 11) is 0. The van der Waals surface area contributed by atoms with E-state index in [2.05, 4.69) is 10.1 Å². The molecule has 2 aromatic carbocycles. The van der Waals surface area contributed by atoms with Crippen molar-refractivity contribution in [2.45, 2.75) is 33.4 Å². The summed E-state index contributed by atoms with van der Waals surface area (Å²) < 4.78 is 33.3. The lowest BCUT2D eigenvalue weighted by molar-refractivity contribution is -0.124. The third-order valence-electron chi connectivity index (χ3n) is 4.06. The van der Waals surface area contributed by atoms with Gasteiger partial charge in [0.25, 0.3) is 5.91 Å². The van der Waals surface area contributed by atoms with Gasteiger partial charge in [-0.25, -0.2) is 4.79 Å². The summed E-state index contributed by atoms with van der Waals surface area (Å²) in [4.78, 5) is 23.9. The Bertz CT molecular complexity index is 806. The standard InChI is InChI=1S/C20H21F2NO4/c1-12-4-5-16(10-13(12)2)14(3)23-18(24)11-26-19(25)15-6-8-17(9-7-15)27-20(21)22/h4-10,14,20H,11H2,1-3H3,(H,23,24)/t14-/m1/s1. The molecule has 0 unspecified atom stereocenters. The normalized spacial score (nSPS) is 11.8. The first kappa shape index (κ1) is 20.4. The third kappa shape index (κ3) is 6.06. The molecule has 27 heavy (non-hydrogen) atoms. The molecule has 0 spiro atoms. The fraction of sp³-hybridized carbons (Fsp3) is 0.300. The van der Waals surface area contributed by atoms with Crippen LogP contribution >= 0.6 is 0 Å². The number of alkyl halides is 2. The van der Waals surface area contributed by atoms with Gasteiger partial charge in [-0.15, -0.1) is 0 Å². The lowest BCUT2D eigenvalue weighted by atomic mass is 10.0. The van der Waals surface area contributed by atoms with E-state index in [9.17, 15) is 18.4 Å². The summed E-state index contributed by atoms with van der Waals surface area (Å²) >= 11 is 0. The van der Waals surface area contributed by atoms with Crippen molar-refractivity contribution < 1.29 is 27.8 Å². The Morgan fingerprint density at radius 3 is 2.30 bits per heavy atom. The molecule has 1 atom stereocenters. The van der Waals surface area contributed by atoms with E-state index in [0.717, 1.165) is 16.7 Å². The van der Waals surface area contributed by atoms with Crippen molar-refractivity contribution in [3.05, 3.63) is 64.7 Å². The predicted molar refractivity (Wildman–Crippen MR) is 95.8 cm³/mol. The number of carbonyl (C=O) groups excluding carboxylic acids is 2. The van der Waals surface area contributed by atoms with Crippen LogP contribution in [-0.4, -0.2) is 25.1 Å². The Balaban J connectivity index is 1.85. The van der Waals surface area contributed by atoms with E-state index in [1.165, 1.54) is 24.3 Å². The predicted octanol–water partition coefficient (Wildman–Crippen LogP) is 3.94. The second-order valence-electron chi connectivity index (χ2n) is 6.11. The molecule has 0 aliphatic rings. The first-order valence-electron chi connectivity index (χ1n) is 8.34. The van der Waals surface area contributed by atoms with E-state index in [1.807, 2.05) is 39.0 Å². The number of hydrogen-bond donors (Lipinski definition) is 1. The molecular weight excluding hydrogens is 356 g/mol. The SMILES string of the molecule is Cc1ccc([C@@H](C)NC(=O)COC(=O)c2ccc(OC(F)F)cc2)cc1C. The molecule has 0 fully saturated rings. The third-order valence-corrected chi connectivity index (χ3v) is 4.06. The highest BCUT2D eigenvalue weighted by atomic mass is 19.3. The number of halogens is 2. The van der Waals surface area contributed by atoms with Gasteiger partial charge in [0.05, 0.1) is 11.6 Å². The van der Waals surface area contributed by atoms with Crippen molar-refractivity contribution in [3.8, 4) is 5.75 Å². The molecule has 0 aliphatic carbocycles. The van der Waals surface area contributed by atoms with Gasteiger partial charge in [-0.1, -0.05) is 18.2 Å². The minimum Gasteiger partial charge on any atom is -0.452 e. The second kappa shape index (κ2) is 9.12. The molecule has 7 heteroatoms. The zero-order valence-corrected chi connectivity index (χ0v) is 15.3. The molecule has 0 aliphatic heterocycles. The maximum absolute atomic E-state index is 12.1. The van der Waals surface area contributed by atoms with Gasteiger partial charge >= 0.3 is 12.6 Å². The number of ether oxygens (including phenoxy) is 2. The molecule has 0 saturated carbocycles. The van der Waals surface area contributed by atoms with Crippen molar-refractivity contribution in [1.29, 1.82) is 0 Å². The summed E-state index contributed by atoms with van der Waals surface area (Å²) in [6, 6.07) is 10.7. The molecule has 0 aromatic heterocycles. The van der Waals surface area contributed by atoms with Crippen molar-refractivity contribution >= 4 is 11.9 Å². The maximum atomic E-state index is 12.1. The summed E-state index contributed by atoms with van der Waals surface area (Å²) in [5.41, 5.74) is 3.37. The number of esters is 1. The van der Waals surface area contributed by atoms with Crippen molar-refractivity contribution in [3.63, 3.8) is 0 Å². The number of rotatable bonds is 7. The summed E-state index contributed by atoms with van der Waals surface area (Å²) in [5.74, 6) is -1.24. The summed E-state index contributed by atoms with van der Waals surface area (Å²) in [6.07, 6.45) is 0. The Kier molecular flexibility index (Phi) is 6.87. The maximum Gasteiger partial charge on any atom is 0.387 e. The van der Waals surface area contributed by atoms with Crippen LogP contribution in [0.25, 0.3) is 0 Å². The van der Waals surface area contributed by atoms with Crippen LogP contribution in [0.3, 0.4) is 0 Å². The number of carbonyl (C=O) groups is 2. The van der Waals surface area contributed by atoms with Crippen LogP contribution in [0, 0.1) is 13.8 Å². The summed E-state index contributed by atoms with van der Waals surface area (Å²) in [5, 5.41) is 2.76. The largest absolute Gasteiger partial charge is 0.452 e. The Morgan fingerprint density at radius 1 is 1.04 bits per heavy atom. The highest BCUT2D eigenvalue weighted by Crippen LogP contribution is 2.17. The molecule has 0 saturated heterocycles. The van der Waals surface area contributed by atoms with Crippen molar-refractivity contribution in [2.75, 3.05) is 6.61 Å². The van der Waals surface area contributed by atoms with Crippen LogP contribution in [0.5, 0.6) is 5.75 Å². The fourth-order valence-electron chi connectivity index (χ4n) is 2.39. The fourth-order valence-corrected chi connectivity index (χ4v) is 2.39. The first-order chi connectivity index (χ1) is 12.8. The first-order valence-corrected chi connectivity index (χ1v) is 8.34. The van der Waals surface area contributed by atoms with Gasteiger partial charge in [0, 0.05) is 0 Å². The van der Waals surface area contributed by atoms with Crippen LogP contribution in [-0.2, 0) is 9.53 Å². The van der Waals surface area contributed by atoms with Crippen molar-refractivity contribution in [2.24, 2.45) is 0 Å². The van der Waals surface area contributed by atoms with Crippen LogP contribution in [0.1, 0.15) is 40.0 Å². The van der Waals surface area contributed by atoms with E-state index < -0.39 is 25.1 Å². The minimum absolute atomic E-state index is 0.0680. The highest BCUT2D eigenvalue weighted by molar-refractivity contribution is 5.91. The number of amides is 1.